The molecule has 0 bridgehead atoms. The molecule has 4 nitrogen and oxygen atoms in total. The molecule has 0 unspecified atom stereocenters. The first-order valence-electron chi connectivity index (χ1n) is 6.36. The van der Waals surface area contributed by atoms with Crippen molar-refractivity contribution in [2.45, 2.75) is 19.5 Å². The molecule has 1 N–H and O–H groups in total. The van der Waals surface area contributed by atoms with Crippen LogP contribution < -0.4 is 0 Å². The van der Waals surface area contributed by atoms with Crippen molar-refractivity contribution in [3.05, 3.63) is 27.6 Å². The zero-order chi connectivity index (χ0) is 13.0. The van der Waals surface area contributed by atoms with E-state index >= 15 is 0 Å². The lowest BCUT2D eigenvalue weighted by molar-refractivity contribution is 0.0647. The van der Waals surface area contributed by atoms with Gasteiger partial charge >= 0.3 is 0 Å². The maximum Gasteiger partial charge on any atom is 0.101 e. The van der Waals surface area contributed by atoms with Gasteiger partial charge in [-0.15, -0.1) is 0 Å². The van der Waals surface area contributed by atoms with E-state index in [1.807, 2.05) is 6.20 Å². The third-order valence-electron chi connectivity index (χ3n) is 3.43. The van der Waals surface area contributed by atoms with E-state index in [1.165, 1.54) is 5.56 Å². The molecule has 0 saturated carbocycles. The summed E-state index contributed by atoms with van der Waals surface area (Å²) in [6, 6.07) is 4.73. The van der Waals surface area contributed by atoms with Crippen LogP contribution >= 0.6 is 22.6 Å². The van der Waals surface area contributed by atoms with Gasteiger partial charge in [0.15, 0.2) is 0 Å². The van der Waals surface area contributed by atoms with Crippen molar-refractivity contribution in [2.75, 3.05) is 32.8 Å². The molecule has 2 heterocycles. The number of nitrogens with zero attached hydrogens (tertiary/aromatic N) is 3. The Labute approximate surface area is 122 Å². The smallest absolute Gasteiger partial charge is 0.101 e. The summed E-state index contributed by atoms with van der Waals surface area (Å²) in [7, 11) is 0. The summed E-state index contributed by atoms with van der Waals surface area (Å²) in [5.74, 6) is 0. The summed E-state index contributed by atoms with van der Waals surface area (Å²) in [5.41, 5.74) is 1.28. The summed E-state index contributed by atoms with van der Waals surface area (Å²) in [4.78, 5) is 9.14. The Kier molecular flexibility index (Phi) is 5.35. The molecule has 1 atom stereocenters. The van der Waals surface area contributed by atoms with Crippen LogP contribution in [0.2, 0.25) is 0 Å². The molecule has 18 heavy (non-hydrogen) atoms. The maximum absolute atomic E-state index is 9.00. The van der Waals surface area contributed by atoms with Crippen molar-refractivity contribution in [1.29, 1.82) is 0 Å². The molecule has 1 aromatic rings. The van der Waals surface area contributed by atoms with E-state index in [4.69, 9.17) is 5.11 Å². The van der Waals surface area contributed by atoms with Crippen LogP contribution in [0, 0.1) is 3.70 Å². The van der Waals surface area contributed by atoms with Crippen LogP contribution in [0.5, 0.6) is 0 Å². The first-order valence-corrected chi connectivity index (χ1v) is 7.44. The van der Waals surface area contributed by atoms with Gasteiger partial charge in [-0.1, -0.05) is 6.07 Å². The minimum Gasteiger partial charge on any atom is -0.395 e. The molecule has 0 aliphatic carbocycles. The number of hydrogen-bond donors (Lipinski definition) is 1. The summed E-state index contributed by atoms with van der Waals surface area (Å²) in [6.07, 6.45) is 1.96. The lowest BCUT2D eigenvalue weighted by atomic mass is 10.1. The van der Waals surface area contributed by atoms with E-state index in [9.17, 15) is 0 Å². The van der Waals surface area contributed by atoms with Gasteiger partial charge in [0.05, 0.1) is 6.61 Å². The van der Waals surface area contributed by atoms with Gasteiger partial charge in [-0.25, -0.2) is 0 Å². The van der Waals surface area contributed by atoms with Gasteiger partial charge in [0.2, 0.25) is 0 Å². The summed E-state index contributed by atoms with van der Waals surface area (Å²) >= 11 is 2.23. The Morgan fingerprint density at radius 3 is 2.89 bits per heavy atom. The molecule has 1 aliphatic heterocycles. The van der Waals surface area contributed by atoms with Crippen molar-refractivity contribution in [2.24, 2.45) is 0 Å². The van der Waals surface area contributed by atoms with Gasteiger partial charge in [0.25, 0.3) is 0 Å². The van der Waals surface area contributed by atoms with Gasteiger partial charge in [0, 0.05) is 45.0 Å². The standard InChI is InChI=1S/C13H20IN3O/c1-11-9-16(4-5-17(11)6-7-18)10-12-2-3-13(14)15-8-12/h2-3,8,11,18H,4-7,9-10H2,1H3/t11-/m0/s1. The highest BCUT2D eigenvalue weighted by molar-refractivity contribution is 14.1. The molecule has 0 amide bonds. The first kappa shape index (κ1) is 14.2. The Bertz CT molecular complexity index is 371. The fraction of sp³-hybridized carbons (Fsp3) is 0.615. The molecule has 0 radical (unpaired) electrons. The van der Waals surface area contributed by atoms with Gasteiger partial charge in [-0.2, -0.15) is 0 Å². The first-order chi connectivity index (χ1) is 8.69. The second-order valence-corrected chi connectivity index (χ2v) is 5.94. The number of β-amino-alcohol motifs (C(OH)–C–C–N with tert-alkyl or cyclic N) is 1. The quantitative estimate of drug-likeness (QED) is 0.646. The van der Waals surface area contributed by atoms with E-state index in [2.05, 4.69) is 56.4 Å². The Balaban J connectivity index is 1.87. The van der Waals surface area contributed by atoms with E-state index in [-0.39, 0.29) is 6.61 Å². The number of aliphatic hydroxyl groups excluding tert-OH is 1. The second-order valence-electron chi connectivity index (χ2n) is 4.83. The predicted molar refractivity (Wildman–Crippen MR) is 80.4 cm³/mol. The zero-order valence-electron chi connectivity index (χ0n) is 10.7. The Morgan fingerprint density at radius 1 is 1.44 bits per heavy atom. The van der Waals surface area contributed by atoms with Gasteiger partial charge in [-0.3, -0.25) is 14.8 Å². The second kappa shape index (κ2) is 6.79. The molecule has 1 fully saturated rings. The Morgan fingerprint density at radius 2 is 2.28 bits per heavy atom. The van der Waals surface area contributed by atoms with Crippen LogP contribution in [0.15, 0.2) is 18.3 Å². The van der Waals surface area contributed by atoms with Crippen molar-refractivity contribution in [3.8, 4) is 0 Å². The predicted octanol–water partition coefficient (Wildman–Crippen LogP) is 1.18. The lowest BCUT2D eigenvalue weighted by Crippen LogP contribution is -2.52. The van der Waals surface area contributed by atoms with E-state index in [0.29, 0.717) is 6.04 Å². The molecule has 1 aromatic heterocycles. The van der Waals surface area contributed by atoms with Crippen LogP contribution in [0.4, 0.5) is 0 Å². The topological polar surface area (TPSA) is 39.6 Å². The lowest BCUT2D eigenvalue weighted by Gasteiger charge is -2.39. The largest absolute Gasteiger partial charge is 0.395 e. The van der Waals surface area contributed by atoms with E-state index in [0.717, 1.165) is 36.4 Å². The molecule has 0 spiro atoms. The summed E-state index contributed by atoms with van der Waals surface area (Å²) in [6.45, 7) is 7.42. The third-order valence-corrected chi connectivity index (χ3v) is 4.07. The summed E-state index contributed by atoms with van der Waals surface area (Å²) in [5, 5.41) is 9.00. The molecule has 0 aromatic carbocycles. The van der Waals surface area contributed by atoms with Crippen molar-refractivity contribution >= 4 is 22.6 Å². The van der Waals surface area contributed by atoms with E-state index in [1.54, 1.807) is 0 Å². The minimum absolute atomic E-state index is 0.255. The number of aliphatic hydroxyl groups is 1. The van der Waals surface area contributed by atoms with Crippen molar-refractivity contribution < 1.29 is 5.11 Å². The number of halogens is 1. The molecule has 100 valence electrons. The number of piperazine rings is 1. The molecular weight excluding hydrogens is 341 g/mol. The van der Waals surface area contributed by atoms with Crippen LogP contribution in [0.3, 0.4) is 0 Å². The van der Waals surface area contributed by atoms with Gasteiger partial charge < -0.3 is 5.11 Å². The number of pyridine rings is 1. The van der Waals surface area contributed by atoms with Crippen LogP contribution in [0.1, 0.15) is 12.5 Å². The number of hydrogen-bond acceptors (Lipinski definition) is 4. The van der Waals surface area contributed by atoms with Crippen molar-refractivity contribution in [3.63, 3.8) is 0 Å². The minimum atomic E-state index is 0.255. The molecule has 5 heteroatoms. The monoisotopic (exact) mass is 361 g/mol. The zero-order valence-corrected chi connectivity index (χ0v) is 12.9. The average molecular weight is 361 g/mol. The molecular formula is C13H20IN3O. The number of aromatic nitrogens is 1. The molecule has 2 rings (SSSR count). The average Bonchev–Trinajstić information content (AvgIpc) is 2.36. The highest BCUT2D eigenvalue weighted by Gasteiger charge is 2.22. The van der Waals surface area contributed by atoms with Crippen molar-refractivity contribution in [1.82, 2.24) is 14.8 Å². The highest BCUT2D eigenvalue weighted by Crippen LogP contribution is 2.12. The summed E-state index contributed by atoms with van der Waals surface area (Å²) < 4.78 is 1.04. The number of rotatable bonds is 4. The fourth-order valence-electron chi connectivity index (χ4n) is 2.43. The Hall–Kier alpha value is -0.240. The molecule has 1 saturated heterocycles. The van der Waals surface area contributed by atoms with Gasteiger partial charge in [0.1, 0.15) is 3.70 Å². The van der Waals surface area contributed by atoms with Crippen LogP contribution in [0.25, 0.3) is 0 Å². The van der Waals surface area contributed by atoms with Gasteiger partial charge in [-0.05, 0) is 41.1 Å². The molecule has 1 aliphatic rings. The van der Waals surface area contributed by atoms with E-state index < -0.39 is 0 Å². The van der Waals surface area contributed by atoms with Crippen LogP contribution in [-0.2, 0) is 6.54 Å². The SMILES string of the molecule is C[C@H]1CN(Cc2ccc(I)nc2)CCN1CCO. The van der Waals surface area contributed by atoms with Crippen LogP contribution in [-0.4, -0.2) is 58.7 Å². The fourth-order valence-corrected chi connectivity index (χ4v) is 2.75. The maximum atomic E-state index is 9.00. The normalized spacial score (nSPS) is 22.3. The highest BCUT2D eigenvalue weighted by atomic mass is 127. The third kappa shape index (κ3) is 3.88.